The van der Waals surface area contributed by atoms with Gasteiger partial charge in [0.05, 0.1) is 35.9 Å². The largest absolute Gasteiger partial charge is 0.472 e. The number of nitrogens with zero attached hydrogens (tertiary/aromatic N) is 2. The van der Waals surface area contributed by atoms with Crippen LogP contribution in [0, 0.1) is 5.92 Å². The number of benzene rings is 1. The van der Waals surface area contributed by atoms with Gasteiger partial charge in [0.2, 0.25) is 15.9 Å². The third-order valence-electron chi connectivity index (χ3n) is 5.56. The molecule has 2 aromatic rings. The lowest BCUT2D eigenvalue weighted by Crippen LogP contribution is -2.43. The molecule has 2 saturated heterocycles. The monoisotopic (exact) mass is 447 g/mol. The number of hydrogen-bond acceptors (Lipinski definition) is 6. The van der Waals surface area contributed by atoms with Crippen molar-refractivity contribution in [2.75, 3.05) is 44.7 Å². The van der Waals surface area contributed by atoms with E-state index in [4.69, 9.17) is 9.15 Å². The lowest BCUT2D eigenvalue weighted by Gasteiger charge is -2.31. The summed E-state index contributed by atoms with van der Waals surface area (Å²) in [7, 11) is -3.65. The molecule has 2 fully saturated rings. The van der Waals surface area contributed by atoms with Gasteiger partial charge < -0.3 is 19.4 Å². The molecule has 0 bridgehead atoms. The molecule has 9 nitrogen and oxygen atoms in total. The number of morpholine rings is 1. The molecule has 1 aromatic carbocycles. The first-order chi connectivity index (χ1) is 14.9. The number of ether oxygens (including phenoxy) is 1. The molecule has 0 spiro atoms. The molecule has 0 radical (unpaired) electrons. The van der Waals surface area contributed by atoms with E-state index in [9.17, 15) is 18.0 Å². The second-order valence-electron chi connectivity index (χ2n) is 7.64. The molecule has 2 amide bonds. The van der Waals surface area contributed by atoms with Crippen LogP contribution in [-0.2, 0) is 19.6 Å². The van der Waals surface area contributed by atoms with E-state index in [-0.39, 0.29) is 22.6 Å². The number of likely N-dealkylation sites (tertiary alicyclic amines) is 1. The first kappa shape index (κ1) is 21.5. The Labute approximate surface area is 181 Å². The van der Waals surface area contributed by atoms with Crippen molar-refractivity contribution in [2.24, 2.45) is 5.92 Å². The molecule has 4 rings (SSSR count). The van der Waals surface area contributed by atoms with Gasteiger partial charge in [0, 0.05) is 31.9 Å². The Morgan fingerprint density at radius 2 is 1.90 bits per heavy atom. The highest BCUT2D eigenvalue weighted by Gasteiger charge is 2.30. The van der Waals surface area contributed by atoms with Crippen LogP contribution in [0.15, 0.2) is 52.2 Å². The average molecular weight is 448 g/mol. The van der Waals surface area contributed by atoms with Gasteiger partial charge in [-0.3, -0.25) is 9.59 Å². The summed E-state index contributed by atoms with van der Waals surface area (Å²) in [5, 5.41) is 2.82. The highest BCUT2D eigenvalue weighted by atomic mass is 32.2. The Kier molecular flexibility index (Phi) is 6.40. The zero-order valence-electron chi connectivity index (χ0n) is 17.0. The van der Waals surface area contributed by atoms with Crippen molar-refractivity contribution in [3.05, 3.63) is 48.4 Å². The zero-order valence-corrected chi connectivity index (χ0v) is 17.8. The van der Waals surface area contributed by atoms with E-state index in [1.807, 2.05) is 0 Å². The molecule has 0 saturated carbocycles. The lowest BCUT2D eigenvalue weighted by atomic mass is 9.96. The minimum absolute atomic E-state index is 0.132. The van der Waals surface area contributed by atoms with E-state index in [2.05, 4.69) is 5.32 Å². The molecule has 2 aliphatic heterocycles. The second kappa shape index (κ2) is 9.21. The summed E-state index contributed by atoms with van der Waals surface area (Å²) in [6, 6.07) is 7.87. The fourth-order valence-electron chi connectivity index (χ4n) is 3.86. The number of carbonyl (C=O) groups excluding carboxylic acids is 2. The van der Waals surface area contributed by atoms with Crippen molar-refractivity contribution in [2.45, 2.75) is 17.7 Å². The molecule has 166 valence electrons. The minimum Gasteiger partial charge on any atom is -0.472 e. The molecule has 0 unspecified atom stereocenters. The van der Waals surface area contributed by atoms with Crippen molar-refractivity contribution in [3.63, 3.8) is 0 Å². The summed E-state index contributed by atoms with van der Waals surface area (Å²) in [4.78, 5) is 27.2. The summed E-state index contributed by atoms with van der Waals surface area (Å²) in [5.74, 6) is -0.764. The number of furan rings is 1. The van der Waals surface area contributed by atoms with Crippen LogP contribution in [0.25, 0.3) is 0 Å². The van der Waals surface area contributed by atoms with E-state index in [0.717, 1.165) is 0 Å². The number of piperidine rings is 1. The summed E-state index contributed by atoms with van der Waals surface area (Å²) in [6.07, 6.45) is 4.21. The van der Waals surface area contributed by atoms with Gasteiger partial charge in [-0.2, -0.15) is 4.31 Å². The number of sulfonamides is 1. The number of amides is 2. The van der Waals surface area contributed by atoms with Crippen LogP contribution in [0.5, 0.6) is 0 Å². The molecular formula is C21H25N3O6S. The number of anilines is 1. The number of carbonyl (C=O) groups is 2. The van der Waals surface area contributed by atoms with Crippen LogP contribution in [-0.4, -0.2) is 68.8 Å². The Hall–Kier alpha value is -2.69. The first-order valence-electron chi connectivity index (χ1n) is 10.3. The normalized spacial score (nSPS) is 20.4. The Bertz CT molecular complexity index is 1030. The van der Waals surface area contributed by atoms with E-state index < -0.39 is 10.0 Å². The van der Waals surface area contributed by atoms with Crippen LogP contribution in [0.1, 0.15) is 23.2 Å². The fourth-order valence-corrected chi connectivity index (χ4v) is 5.31. The Morgan fingerprint density at radius 1 is 1.10 bits per heavy atom. The maximum absolute atomic E-state index is 12.9. The summed E-state index contributed by atoms with van der Waals surface area (Å²) < 4.78 is 37.3. The van der Waals surface area contributed by atoms with E-state index in [1.165, 1.54) is 29.0 Å². The molecule has 0 aliphatic carbocycles. The van der Waals surface area contributed by atoms with Crippen LogP contribution in [0.3, 0.4) is 0 Å². The smallest absolute Gasteiger partial charge is 0.257 e. The zero-order chi connectivity index (χ0) is 21.8. The van der Waals surface area contributed by atoms with Gasteiger partial charge in [-0.05, 0) is 37.1 Å². The predicted molar refractivity (Wildman–Crippen MR) is 112 cm³/mol. The van der Waals surface area contributed by atoms with Crippen molar-refractivity contribution in [1.82, 2.24) is 9.21 Å². The predicted octanol–water partition coefficient (Wildman–Crippen LogP) is 1.79. The lowest BCUT2D eigenvalue weighted by molar-refractivity contribution is -0.121. The van der Waals surface area contributed by atoms with Crippen molar-refractivity contribution < 1.29 is 27.2 Å². The molecule has 31 heavy (non-hydrogen) atoms. The Balaban J connectivity index is 1.42. The third kappa shape index (κ3) is 4.81. The molecule has 1 N–H and O–H groups in total. The van der Waals surface area contributed by atoms with Crippen molar-refractivity contribution in [3.8, 4) is 0 Å². The maximum atomic E-state index is 12.9. The number of rotatable bonds is 5. The van der Waals surface area contributed by atoms with E-state index in [1.54, 1.807) is 23.1 Å². The van der Waals surface area contributed by atoms with Crippen molar-refractivity contribution in [1.29, 1.82) is 0 Å². The summed E-state index contributed by atoms with van der Waals surface area (Å²) in [6.45, 7) is 2.24. The van der Waals surface area contributed by atoms with Gasteiger partial charge in [0.15, 0.2) is 0 Å². The Morgan fingerprint density at radius 3 is 2.65 bits per heavy atom. The van der Waals surface area contributed by atoms with Crippen LogP contribution in [0.2, 0.25) is 0 Å². The fraction of sp³-hybridized carbons (Fsp3) is 0.429. The number of nitrogens with one attached hydrogen (secondary N) is 1. The van der Waals surface area contributed by atoms with E-state index >= 15 is 0 Å². The first-order valence-corrected chi connectivity index (χ1v) is 11.7. The minimum atomic E-state index is -3.65. The highest BCUT2D eigenvalue weighted by molar-refractivity contribution is 7.89. The molecule has 10 heteroatoms. The molecule has 2 aliphatic rings. The molecular weight excluding hydrogens is 422 g/mol. The second-order valence-corrected chi connectivity index (χ2v) is 9.57. The van der Waals surface area contributed by atoms with E-state index in [0.29, 0.717) is 63.5 Å². The quantitative estimate of drug-likeness (QED) is 0.749. The molecule has 1 aromatic heterocycles. The van der Waals surface area contributed by atoms with Crippen LogP contribution >= 0.6 is 0 Å². The van der Waals surface area contributed by atoms with Gasteiger partial charge in [-0.1, -0.05) is 6.07 Å². The SMILES string of the molecule is O=C(Nc1cccc(S(=O)(=O)N2CCOCC2)c1)[C@@H]1CCCN(C(=O)c2ccoc2)C1. The van der Waals surface area contributed by atoms with Crippen molar-refractivity contribution >= 4 is 27.5 Å². The van der Waals surface area contributed by atoms with Crippen LogP contribution in [0.4, 0.5) is 5.69 Å². The van der Waals surface area contributed by atoms with Gasteiger partial charge in [0.25, 0.3) is 5.91 Å². The van der Waals surface area contributed by atoms with Gasteiger partial charge >= 0.3 is 0 Å². The molecule has 1 atom stereocenters. The number of hydrogen-bond donors (Lipinski definition) is 1. The highest BCUT2D eigenvalue weighted by Crippen LogP contribution is 2.23. The van der Waals surface area contributed by atoms with Gasteiger partial charge in [-0.15, -0.1) is 0 Å². The summed E-state index contributed by atoms with van der Waals surface area (Å²) in [5.41, 5.74) is 0.875. The molecule has 3 heterocycles. The summed E-state index contributed by atoms with van der Waals surface area (Å²) >= 11 is 0. The standard InChI is InChI=1S/C21H25N3O6S/c25-20(16-3-2-7-23(14-16)21(26)17-6-10-30-15-17)22-18-4-1-5-19(13-18)31(27,28)24-8-11-29-12-9-24/h1,4-6,10,13,15-16H,2-3,7-9,11-12,14H2,(H,22,25)/t16-/m1/s1. The van der Waals surface area contributed by atoms with Gasteiger partial charge in [0.1, 0.15) is 6.26 Å². The van der Waals surface area contributed by atoms with Gasteiger partial charge in [-0.25, -0.2) is 8.42 Å². The third-order valence-corrected chi connectivity index (χ3v) is 7.45. The average Bonchev–Trinajstić information content (AvgIpc) is 3.34. The maximum Gasteiger partial charge on any atom is 0.257 e. The van der Waals surface area contributed by atoms with Crippen LogP contribution < -0.4 is 5.32 Å². The topological polar surface area (TPSA) is 109 Å².